The summed E-state index contributed by atoms with van der Waals surface area (Å²) in [6, 6.07) is 1.24. The second-order valence-electron chi connectivity index (χ2n) is 8.78. The zero-order valence-electron chi connectivity index (χ0n) is 11.9. The Labute approximate surface area is 116 Å². The van der Waals surface area contributed by atoms with Crippen LogP contribution in [0.1, 0.15) is 64.2 Å². The summed E-state index contributed by atoms with van der Waals surface area (Å²) < 4.78 is 0. The van der Waals surface area contributed by atoms with E-state index in [0.29, 0.717) is 17.5 Å². The number of aliphatic hydroxyl groups is 1. The van der Waals surface area contributed by atoms with Gasteiger partial charge in [-0.25, -0.2) is 0 Å². The van der Waals surface area contributed by atoms with Gasteiger partial charge in [-0.05, 0) is 82.0 Å². The van der Waals surface area contributed by atoms with Crippen LogP contribution in [0.5, 0.6) is 0 Å². The molecule has 0 aromatic carbocycles. The summed E-state index contributed by atoms with van der Waals surface area (Å²) in [7, 11) is 0. The third-order valence-electron chi connectivity index (χ3n) is 7.53. The van der Waals surface area contributed by atoms with Gasteiger partial charge in [0, 0.05) is 17.5 Å². The molecule has 6 fully saturated rings. The first-order chi connectivity index (χ1) is 9.14. The zero-order valence-corrected chi connectivity index (χ0v) is 11.9. The van der Waals surface area contributed by atoms with Gasteiger partial charge in [-0.3, -0.25) is 0 Å². The molecule has 0 radical (unpaired) electrons. The van der Waals surface area contributed by atoms with Gasteiger partial charge < -0.3 is 10.4 Å². The SMILES string of the molecule is OC1(C23CC4CC(CC(C4)C2)C3)CC2CCC(C1)N2. The first-order valence-corrected chi connectivity index (χ1v) is 8.63. The van der Waals surface area contributed by atoms with Gasteiger partial charge >= 0.3 is 0 Å². The largest absolute Gasteiger partial charge is 0.389 e. The van der Waals surface area contributed by atoms with Gasteiger partial charge in [0.05, 0.1) is 5.60 Å². The van der Waals surface area contributed by atoms with Crippen molar-refractivity contribution in [2.24, 2.45) is 23.2 Å². The van der Waals surface area contributed by atoms with Crippen LogP contribution in [0.15, 0.2) is 0 Å². The van der Waals surface area contributed by atoms with Gasteiger partial charge in [-0.1, -0.05) is 0 Å². The van der Waals surface area contributed by atoms with E-state index in [2.05, 4.69) is 5.32 Å². The summed E-state index contributed by atoms with van der Waals surface area (Å²) in [5.74, 6) is 2.88. The highest BCUT2D eigenvalue weighted by Gasteiger charge is 2.62. The molecule has 0 amide bonds. The lowest BCUT2D eigenvalue weighted by Gasteiger charge is -2.63. The van der Waals surface area contributed by atoms with Gasteiger partial charge in [0.1, 0.15) is 0 Å². The lowest BCUT2D eigenvalue weighted by molar-refractivity contribution is -0.194. The molecule has 6 bridgehead atoms. The zero-order chi connectivity index (χ0) is 12.7. The van der Waals surface area contributed by atoms with Crippen LogP contribution in [0.3, 0.4) is 0 Å². The Hall–Kier alpha value is -0.0800. The van der Waals surface area contributed by atoms with Crippen LogP contribution in [0.4, 0.5) is 0 Å². The number of hydrogen-bond donors (Lipinski definition) is 2. The first kappa shape index (κ1) is 11.6. The normalized spacial score (nSPS) is 62.7. The van der Waals surface area contributed by atoms with Gasteiger partial charge in [0.15, 0.2) is 0 Å². The molecule has 0 aromatic heterocycles. The number of fused-ring (bicyclic) bond motifs is 2. The summed E-state index contributed by atoms with van der Waals surface area (Å²) in [5, 5.41) is 15.3. The molecule has 4 saturated carbocycles. The van der Waals surface area contributed by atoms with Crippen LogP contribution in [0, 0.1) is 23.2 Å². The van der Waals surface area contributed by atoms with Crippen molar-refractivity contribution in [3.63, 3.8) is 0 Å². The van der Waals surface area contributed by atoms with Gasteiger partial charge in [0.25, 0.3) is 0 Å². The van der Waals surface area contributed by atoms with E-state index < -0.39 is 0 Å². The first-order valence-electron chi connectivity index (χ1n) is 8.63. The van der Waals surface area contributed by atoms with Crippen LogP contribution < -0.4 is 5.32 Å². The smallest absolute Gasteiger partial charge is 0.0733 e. The monoisotopic (exact) mass is 261 g/mol. The molecular formula is C17H27NO. The molecule has 2 saturated heterocycles. The third kappa shape index (κ3) is 1.51. The van der Waals surface area contributed by atoms with E-state index >= 15 is 0 Å². The molecular weight excluding hydrogens is 234 g/mol. The van der Waals surface area contributed by atoms with Crippen LogP contribution in [-0.2, 0) is 0 Å². The Morgan fingerprint density at radius 2 is 1.21 bits per heavy atom. The Morgan fingerprint density at radius 3 is 1.68 bits per heavy atom. The minimum atomic E-state index is -0.319. The fourth-order valence-electron chi connectivity index (χ4n) is 7.24. The molecule has 19 heavy (non-hydrogen) atoms. The number of piperidine rings is 1. The highest BCUT2D eigenvalue weighted by molar-refractivity contribution is 5.14. The van der Waals surface area contributed by atoms with Crippen LogP contribution in [-0.4, -0.2) is 22.8 Å². The van der Waals surface area contributed by atoms with Crippen LogP contribution >= 0.6 is 0 Å². The average molecular weight is 261 g/mol. The Balaban J connectivity index is 1.51. The van der Waals surface area contributed by atoms with Crippen molar-refractivity contribution in [2.75, 3.05) is 0 Å². The Bertz CT molecular complexity index is 357. The fourth-order valence-corrected chi connectivity index (χ4v) is 7.24. The van der Waals surface area contributed by atoms with E-state index in [1.54, 1.807) is 0 Å². The predicted octanol–water partition coefficient (Wildman–Crippen LogP) is 2.85. The van der Waals surface area contributed by atoms with E-state index in [0.717, 1.165) is 30.6 Å². The van der Waals surface area contributed by atoms with Crippen LogP contribution in [0.25, 0.3) is 0 Å². The van der Waals surface area contributed by atoms with Crippen molar-refractivity contribution in [3.05, 3.63) is 0 Å². The molecule has 2 heterocycles. The maximum absolute atomic E-state index is 11.6. The second kappa shape index (κ2) is 3.57. The summed E-state index contributed by atoms with van der Waals surface area (Å²) >= 11 is 0. The van der Waals surface area contributed by atoms with Crippen molar-refractivity contribution in [2.45, 2.75) is 81.9 Å². The molecule has 0 spiro atoms. The summed E-state index contributed by atoms with van der Waals surface area (Å²) in [5.41, 5.74) is 0.00475. The highest BCUT2D eigenvalue weighted by Crippen LogP contribution is 2.66. The van der Waals surface area contributed by atoms with E-state index in [1.807, 2.05) is 0 Å². The quantitative estimate of drug-likeness (QED) is 0.761. The van der Waals surface area contributed by atoms with E-state index in [-0.39, 0.29) is 5.60 Å². The van der Waals surface area contributed by atoms with E-state index in [9.17, 15) is 5.11 Å². The van der Waals surface area contributed by atoms with Crippen LogP contribution in [0.2, 0.25) is 0 Å². The fraction of sp³-hybridized carbons (Fsp3) is 1.00. The summed E-state index contributed by atoms with van der Waals surface area (Å²) in [4.78, 5) is 0. The van der Waals surface area contributed by atoms with Crippen molar-refractivity contribution in [1.82, 2.24) is 5.32 Å². The highest BCUT2D eigenvalue weighted by atomic mass is 16.3. The molecule has 2 aliphatic heterocycles. The van der Waals surface area contributed by atoms with E-state index in [4.69, 9.17) is 0 Å². The Morgan fingerprint density at radius 1 is 0.737 bits per heavy atom. The molecule has 106 valence electrons. The molecule has 2 heteroatoms. The number of nitrogens with one attached hydrogen (secondary N) is 1. The lowest BCUT2D eigenvalue weighted by atomic mass is 9.44. The average Bonchev–Trinajstić information content (AvgIpc) is 2.67. The molecule has 0 aromatic rings. The van der Waals surface area contributed by atoms with Gasteiger partial charge in [-0.2, -0.15) is 0 Å². The minimum Gasteiger partial charge on any atom is -0.389 e. The molecule has 2 atom stereocenters. The molecule has 2 unspecified atom stereocenters. The second-order valence-corrected chi connectivity index (χ2v) is 8.78. The molecule has 2 N–H and O–H groups in total. The van der Waals surface area contributed by atoms with Crippen molar-refractivity contribution < 1.29 is 5.11 Å². The molecule has 4 aliphatic carbocycles. The Kier molecular flexibility index (Phi) is 2.17. The summed E-state index contributed by atoms with van der Waals surface area (Å²) in [6.07, 6.45) is 13.2. The summed E-state index contributed by atoms with van der Waals surface area (Å²) in [6.45, 7) is 0. The predicted molar refractivity (Wildman–Crippen MR) is 74.7 cm³/mol. The van der Waals surface area contributed by atoms with Crippen molar-refractivity contribution in [1.29, 1.82) is 0 Å². The standard InChI is InChI=1S/C17H27NO/c19-17(9-14-1-2-15(10-17)18-14)16-6-11-3-12(7-16)5-13(4-11)8-16/h11-15,18-19H,1-10H2. The topological polar surface area (TPSA) is 32.3 Å². The van der Waals surface area contributed by atoms with Gasteiger partial charge in [0.2, 0.25) is 0 Å². The number of rotatable bonds is 1. The maximum atomic E-state index is 11.6. The van der Waals surface area contributed by atoms with Crippen molar-refractivity contribution >= 4 is 0 Å². The van der Waals surface area contributed by atoms with Crippen molar-refractivity contribution in [3.8, 4) is 0 Å². The van der Waals surface area contributed by atoms with Gasteiger partial charge in [-0.15, -0.1) is 0 Å². The minimum absolute atomic E-state index is 0.319. The molecule has 6 rings (SSSR count). The lowest BCUT2D eigenvalue weighted by Crippen LogP contribution is -2.63. The molecule has 6 aliphatic rings. The maximum Gasteiger partial charge on any atom is 0.0733 e. The number of hydrogen-bond acceptors (Lipinski definition) is 2. The molecule has 2 nitrogen and oxygen atoms in total. The van der Waals surface area contributed by atoms with E-state index in [1.165, 1.54) is 51.4 Å². The third-order valence-corrected chi connectivity index (χ3v) is 7.53.